The van der Waals surface area contributed by atoms with Crippen LogP contribution >= 0.6 is 0 Å². The van der Waals surface area contributed by atoms with Crippen molar-refractivity contribution in [2.24, 2.45) is 5.92 Å². The molecule has 0 radical (unpaired) electrons. The monoisotopic (exact) mass is 220 g/mol. The molecule has 0 bridgehead atoms. The van der Waals surface area contributed by atoms with E-state index in [1.807, 2.05) is 0 Å². The molecule has 1 aromatic carbocycles. The summed E-state index contributed by atoms with van der Waals surface area (Å²) in [6.07, 6.45) is 0. The first kappa shape index (κ1) is 12.2. The van der Waals surface area contributed by atoms with E-state index in [1.54, 1.807) is 26.0 Å². The van der Waals surface area contributed by atoms with Crippen molar-refractivity contribution in [3.05, 3.63) is 35.1 Å². The molecule has 0 saturated heterocycles. The third-order valence-corrected chi connectivity index (χ3v) is 2.14. The van der Waals surface area contributed by atoms with Gasteiger partial charge in [0.25, 0.3) is 0 Å². The van der Waals surface area contributed by atoms with Gasteiger partial charge in [-0.05, 0) is 17.7 Å². The average Bonchev–Trinajstić information content (AvgIpc) is 2.27. The molecule has 4 heteroatoms. The second-order valence-electron chi connectivity index (χ2n) is 3.80. The van der Waals surface area contributed by atoms with Crippen LogP contribution in [0.15, 0.2) is 18.2 Å². The molecule has 0 aliphatic carbocycles. The van der Waals surface area contributed by atoms with Crippen LogP contribution in [0.1, 0.15) is 25.0 Å². The summed E-state index contributed by atoms with van der Waals surface area (Å²) in [5.41, 5.74) is 0.711. The smallest absolute Gasteiger partial charge is 0.222 e. The maximum absolute atomic E-state index is 13.0. The number of carbonyl (C=O) groups is 1. The van der Waals surface area contributed by atoms with Crippen molar-refractivity contribution in [1.82, 2.24) is 5.32 Å². The van der Waals surface area contributed by atoms with Crippen LogP contribution in [0.5, 0.6) is 0 Å². The number of amides is 1. The Hall–Kier alpha value is -1.89. The first-order valence-corrected chi connectivity index (χ1v) is 5.01. The molecule has 0 saturated carbocycles. The Kier molecular flexibility index (Phi) is 4.01. The second-order valence-corrected chi connectivity index (χ2v) is 3.80. The summed E-state index contributed by atoms with van der Waals surface area (Å²) in [6, 6.07) is 5.98. The number of hydrogen-bond donors (Lipinski definition) is 1. The average molecular weight is 220 g/mol. The summed E-state index contributed by atoms with van der Waals surface area (Å²) < 4.78 is 13.0. The van der Waals surface area contributed by atoms with Crippen molar-refractivity contribution in [3.63, 3.8) is 0 Å². The lowest BCUT2D eigenvalue weighted by atomic mass is 10.1. The number of halogens is 1. The molecule has 16 heavy (non-hydrogen) atoms. The highest BCUT2D eigenvalue weighted by Gasteiger charge is 2.07. The van der Waals surface area contributed by atoms with Gasteiger partial charge in [0.1, 0.15) is 11.9 Å². The third kappa shape index (κ3) is 3.06. The van der Waals surface area contributed by atoms with Crippen LogP contribution in [-0.2, 0) is 11.3 Å². The normalized spacial score (nSPS) is 9.94. The predicted octanol–water partition coefficient (Wildman–Crippen LogP) is 1.97. The number of hydrogen-bond acceptors (Lipinski definition) is 2. The quantitative estimate of drug-likeness (QED) is 0.846. The minimum atomic E-state index is -0.540. The molecular formula is C12H13FN2O. The highest BCUT2D eigenvalue weighted by Crippen LogP contribution is 2.09. The minimum absolute atomic E-state index is 0.00343. The second kappa shape index (κ2) is 5.26. The lowest BCUT2D eigenvalue weighted by molar-refractivity contribution is -0.124. The summed E-state index contributed by atoms with van der Waals surface area (Å²) in [5, 5.41) is 11.3. The van der Waals surface area contributed by atoms with E-state index in [0.29, 0.717) is 12.1 Å². The van der Waals surface area contributed by atoms with Crippen LogP contribution in [0, 0.1) is 23.1 Å². The maximum Gasteiger partial charge on any atom is 0.222 e. The van der Waals surface area contributed by atoms with E-state index in [4.69, 9.17) is 5.26 Å². The molecule has 0 fully saturated rings. The third-order valence-electron chi connectivity index (χ3n) is 2.14. The van der Waals surface area contributed by atoms with Gasteiger partial charge in [-0.25, -0.2) is 4.39 Å². The van der Waals surface area contributed by atoms with Crippen molar-refractivity contribution < 1.29 is 9.18 Å². The molecule has 0 unspecified atom stereocenters. The summed E-state index contributed by atoms with van der Waals surface area (Å²) in [7, 11) is 0. The zero-order chi connectivity index (χ0) is 12.1. The van der Waals surface area contributed by atoms with Gasteiger partial charge in [-0.15, -0.1) is 0 Å². The number of carbonyl (C=O) groups excluding carboxylic acids is 1. The van der Waals surface area contributed by atoms with Gasteiger partial charge in [0, 0.05) is 12.5 Å². The lowest BCUT2D eigenvalue weighted by Gasteiger charge is -2.07. The van der Waals surface area contributed by atoms with Gasteiger partial charge < -0.3 is 5.32 Å². The van der Waals surface area contributed by atoms with Crippen LogP contribution in [0.25, 0.3) is 0 Å². The highest BCUT2D eigenvalue weighted by molar-refractivity contribution is 5.77. The lowest BCUT2D eigenvalue weighted by Crippen LogP contribution is -2.27. The maximum atomic E-state index is 13.0. The first-order chi connectivity index (χ1) is 7.54. The van der Waals surface area contributed by atoms with E-state index in [2.05, 4.69) is 5.32 Å². The Morgan fingerprint density at radius 3 is 2.81 bits per heavy atom. The zero-order valence-electron chi connectivity index (χ0n) is 9.25. The topological polar surface area (TPSA) is 52.9 Å². The van der Waals surface area contributed by atoms with Crippen molar-refractivity contribution in [3.8, 4) is 6.07 Å². The van der Waals surface area contributed by atoms with E-state index < -0.39 is 5.82 Å². The molecular weight excluding hydrogens is 207 g/mol. The van der Waals surface area contributed by atoms with Gasteiger partial charge in [0.15, 0.2) is 0 Å². The zero-order valence-corrected chi connectivity index (χ0v) is 9.25. The fraction of sp³-hybridized carbons (Fsp3) is 0.333. The molecule has 0 aliphatic rings. The SMILES string of the molecule is CC(C)C(=O)NCc1ccc(F)c(C#N)c1. The highest BCUT2D eigenvalue weighted by atomic mass is 19.1. The molecule has 0 heterocycles. The fourth-order valence-corrected chi connectivity index (χ4v) is 1.16. The van der Waals surface area contributed by atoms with E-state index in [0.717, 1.165) is 0 Å². The number of rotatable bonds is 3. The van der Waals surface area contributed by atoms with Gasteiger partial charge in [0.05, 0.1) is 5.56 Å². The molecule has 3 nitrogen and oxygen atoms in total. The van der Waals surface area contributed by atoms with Crippen LogP contribution in [0.3, 0.4) is 0 Å². The van der Waals surface area contributed by atoms with Crippen molar-refractivity contribution >= 4 is 5.91 Å². The largest absolute Gasteiger partial charge is 0.352 e. The molecule has 0 spiro atoms. The Labute approximate surface area is 93.9 Å². The van der Waals surface area contributed by atoms with E-state index in [1.165, 1.54) is 12.1 Å². The van der Waals surface area contributed by atoms with Crippen LogP contribution in [-0.4, -0.2) is 5.91 Å². The van der Waals surface area contributed by atoms with Gasteiger partial charge >= 0.3 is 0 Å². The molecule has 0 aliphatic heterocycles. The Bertz CT molecular complexity index is 435. The van der Waals surface area contributed by atoms with Gasteiger partial charge in [-0.1, -0.05) is 19.9 Å². The van der Waals surface area contributed by atoms with Gasteiger partial charge in [0.2, 0.25) is 5.91 Å². The standard InChI is InChI=1S/C12H13FN2O/c1-8(2)12(16)15-7-9-3-4-11(13)10(5-9)6-14/h3-5,8H,7H2,1-2H3,(H,15,16). The summed E-state index contributed by atoms with van der Waals surface area (Å²) in [4.78, 5) is 11.3. The number of nitrogens with zero attached hydrogens (tertiary/aromatic N) is 1. The van der Waals surface area contributed by atoms with Crippen molar-refractivity contribution in [2.75, 3.05) is 0 Å². The summed E-state index contributed by atoms with van der Waals surface area (Å²) >= 11 is 0. The van der Waals surface area contributed by atoms with Crippen LogP contribution < -0.4 is 5.32 Å². The van der Waals surface area contributed by atoms with Gasteiger partial charge in [-0.2, -0.15) is 5.26 Å². The molecule has 1 aromatic rings. The summed E-state index contributed by atoms with van der Waals surface area (Å²) in [6.45, 7) is 3.90. The fourth-order valence-electron chi connectivity index (χ4n) is 1.16. The van der Waals surface area contributed by atoms with Crippen LogP contribution in [0.2, 0.25) is 0 Å². The number of nitrogens with one attached hydrogen (secondary N) is 1. The predicted molar refractivity (Wildman–Crippen MR) is 57.8 cm³/mol. The van der Waals surface area contributed by atoms with Crippen molar-refractivity contribution in [1.29, 1.82) is 5.26 Å². The van der Waals surface area contributed by atoms with E-state index >= 15 is 0 Å². The van der Waals surface area contributed by atoms with Crippen molar-refractivity contribution in [2.45, 2.75) is 20.4 Å². The Balaban J connectivity index is 2.69. The molecule has 1 amide bonds. The molecule has 1 rings (SSSR count). The molecule has 1 N–H and O–H groups in total. The molecule has 0 aromatic heterocycles. The number of nitriles is 1. The van der Waals surface area contributed by atoms with E-state index in [-0.39, 0.29) is 17.4 Å². The first-order valence-electron chi connectivity index (χ1n) is 5.01. The minimum Gasteiger partial charge on any atom is -0.352 e. The van der Waals surface area contributed by atoms with E-state index in [9.17, 15) is 9.18 Å². The number of benzene rings is 1. The Morgan fingerprint density at radius 1 is 1.56 bits per heavy atom. The van der Waals surface area contributed by atoms with Gasteiger partial charge in [-0.3, -0.25) is 4.79 Å². The molecule has 0 atom stereocenters. The molecule has 84 valence electrons. The Morgan fingerprint density at radius 2 is 2.25 bits per heavy atom. The van der Waals surface area contributed by atoms with Crippen LogP contribution in [0.4, 0.5) is 4.39 Å². The summed E-state index contributed by atoms with van der Waals surface area (Å²) in [5.74, 6) is -0.694.